The summed E-state index contributed by atoms with van der Waals surface area (Å²) < 4.78 is 40.0. The van der Waals surface area contributed by atoms with Gasteiger partial charge in [0.2, 0.25) is 0 Å². The van der Waals surface area contributed by atoms with Gasteiger partial charge < -0.3 is 14.2 Å². The van der Waals surface area contributed by atoms with Crippen molar-refractivity contribution in [2.24, 2.45) is 0 Å². The zero-order chi connectivity index (χ0) is 18.5. The second-order valence-corrected chi connectivity index (χ2v) is 7.88. The largest absolute Gasteiger partial charge is 0.468 e. The van der Waals surface area contributed by atoms with Crippen LogP contribution in [0.15, 0.2) is 35.2 Å². The molecule has 2 rings (SSSR count). The van der Waals surface area contributed by atoms with Crippen molar-refractivity contribution in [2.75, 3.05) is 20.3 Å². The van der Waals surface area contributed by atoms with E-state index < -0.39 is 32.6 Å². The van der Waals surface area contributed by atoms with Crippen LogP contribution in [0, 0.1) is 0 Å². The van der Waals surface area contributed by atoms with Gasteiger partial charge in [0.15, 0.2) is 14.6 Å². The number of methoxy groups -OCH3 is 1. The summed E-state index contributed by atoms with van der Waals surface area (Å²) >= 11 is 0. The molecule has 1 aliphatic rings. The van der Waals surface area contributed by atoms with Gasteiger partial charge in [-0.05, 0) is 31.9 Å². The fourth-order valence-corrected chi connectivity index (χ4v) is 5.23. The van der Waals surface area contributed by atoms with Crippen LogP contribution in [0.2, 0.25) is 0 Å². The first-order chi connectivity index (χ1) is 11.9. The zero-order valence-electron chi connectivity index (χ0n) is 14.3. The minimum Gasteiger partial charge on any atom is -0.468 e. The number of carbonyl (C=O) groups is 2. The highest BCUT2D eigenvalue weighted by atomic mass is 32.2. The third kappa shape index (κ3) is 3.55. The molecule has 138 valence electrons. The molecule has 0 radical (unpaired) electrons. The summed E-state index contributed by atoms with van der Waals surface area (Å²) in [4.78, 5) is 24.5. The molecule has 1 aromatic rings. The van der Waals surface area contributed by atoms with E-state index in [0.717, 1.165) is 7.11 Å². The van der Waals surface area contributed by atoms with Crippen LogP contribution in [-0.4, -0.2) is 51.5 Å². The highest BCUT2D eigenvalue weighted by Crippen LogP contribution is 2.40. The molecule has 0 aromatic heterocycles. The lowest BCUT2D eigenvalue weighted by molar-refractivity contribution is -0.157. The number of hydrogen-bond acceptors (Lipinski definition) is 7. The molecule has 1 saturated heterocycles. The molecule has 8 heteroatoms. The Morgan fingerprint density at radius 1 is 1.28 bits per heavy atom. The van der Waals surface area contributed by atoms with Crippen molar-refractivity contribution in [3.63, 3.8) is 0 Å². The molecule has 0 N–H and O–H groups in total. The summed E-state index contributed by atoms with van der Waals surface area (Å²) in [6.07, 6.45) is -1.13. The summed E-state index contributed by atoms with van der Waals surface area (Å²) in [5, 5.41) is 0. The molecule has 1 heterocycles. The van der Waals surface area contributed by atoms with E-state index in [2.05, 4.69) is 0 Å². The number of hydrogen-bond donors (Lipinski definition) is 0. The lowest BCUT2D eigenvalue weighted by Crippen LogP contribution is -2.59. The third-order valence-electron chi connectivity index (χ3n) is 4.25. The van der Waals surface area contributed by atoms with Gasteiger partial charge in [0.1, 0.15) is 0 Å². The second-order valence-electron chi connectivity index (χ2n) is 5.67. The summed E-state index contributed by atoms with van der Waals surface area (Å²) in [5.41, 5.74) is 0. The monoisotopic (exact) mass is 370 g/mol. The van der Waals surface area contributed by atoms with Crippen molar-refractivity contribution in [3.05, 3.63) is 30.3 Å². The van der Waals surface area contributed by atoms with Crippen molar-refractivity contribution in [1.82, 2.24) is 0 Å². The molecule has 0 amide bonds. The molecule has 7 nitrogen and oxygen atoms in total. The minimum absolute atomic E-state index is 0.0141. The molecular formula is C17H22O7S. The Hall–Kier alpha value is -1.93. The Labute approximate surface area is 147 Å². The molecule has 1 aromatic carbocycles. The van der Waals surface area contributed by atoms with Crippen LogP contribution >= 0.6 is 0 Å². The van der Waals surface area contributed by atoms with Crippen molar-refractivity contribution in [3.8, 4) is 0 Å². The van der Waals surface area contributed by atoms with Gasteiger partial charge in [-0.2, -0.15) is 0 Å². The highest BCUT2D eigenvalue weighted by Gasteiger charge is 2.60. The van der Waals surface area contributed by atoms with E-state index in [1.54, 1.807) is 25.1 Å². The van der Waals surface area contributed by atoms with Crippen LogP contribution in [-0.2, 0) is 33.6 Å². The number of benzene rings is 1. The summed E-state index contributed by atoms with van der Waals surface area (Å²) in [5.74, 6) is -1.55. The van der Waals surface area contributed by atoms with Gasteiger partial charge in [-0.1, -0.05) is 18.2 Å². The average Bonchev–Trinajstić information content (AvgIpc) is 2.62. The van der Waals surface area contributed by atoms with E-state index in [1.807, 2.05) is 0 Å². The van der Waals surface area contributed by atoms with Crippen molar-refractivity contribution in [1.29, 1.82) is 0 Å². The lowest BCUT2D eigenvalue weighted by atomic mass is 9.91. The number of esters is 2. The molecule has 0 spiro atoms. The van der Waals surface area contributed by atoms with Crippen molar-refractivity contribution >= 4 is 21.8 Å². The first-order valence-corrected chi connectivity index (χ1v) is 9.53. The van der Waals surface area contributed by atoms with E-state index in [1.165, 1.54) is 12.1 Å². The van der Waals surface area contributed by atoms with Gasteiger partial charge in [-0.3, -0.25) is 9.59 Å². The van der Waals surface area contributed by atoms with Gasteiger partial charge in [0.05, 0.1) is 31.1 Å². The fraction of sp³-hybridized carbons (Fsp3) is 0.529. The zero-order valence-corrected chi connectivity index (χ0v) is 15.1. The quantitative estimate of drug-likeness (QED) is 0.700. The maximum Gasteiger partial charge on any atom is 0.330 e. The van der Waals surface area contributed by atoms with Gasteiger partial charge >= 0.3 is 11.9 Å². The first kappa shape index (κ1) is 19.4. The summed E-state index contributed by atoms with van der Waals surface area (Å²) in [6.45, 7) is 2.06. The van der Waals surface area contributed by atoms with Crippen molar-refractivity contribution < 1.29 is 32.2 Å². The van der Waals surface area contributed by atoms with E-state index in [4.69, 9.17) is 14.2 Å². The van der Waals surface area contributed by atoms with E-state index in [-0.39, 0.29) is 31.0 Å². The molecule has 2 atom stereocenters. The fourth-order valence-electron chi connectivity index (χ4n) is 3.08. The molecule has 1 aliphatic heterocycles. The SMILES string of the molecule is CCOC(=O)C[C@H]1OCCC[C@]1(C(=O)OC)S(=O)(=O)c1ccccc1. The van der Waals surface area contributed by atoms with Crippen LogP contribution in [0.25, 0.3) is 0 Å². The number of ether oxygens (including phenoxy) is 3. The Kier molecular flexibility index (Phi) is 6.18. The number of carbonyl (C=O) groups excluding carboxylic acids is 2. The predicted molar refractivity (Wildman–Crippen MR) is 88.6 cm³/mol. The Morgan fingerprint density at radius 2 is 1.96 bits per heavy atom. The van der Waals surface area contributed by atoms with Crippen LogP contribution in [0.4, 0.5) is 0 Å². The normalized spacial score (nSPS) is 23.7. The summed E-state index contributed by atoms with van der Waals surface area (Å²) in [7, 11) is -3.03. The van der Waals surface area contributed by atoms with Crippen LogP contribution in [0.3, 0.4) is 0 Å². The molecular weight excluding hydrogens is 348 g/mol. The first-order valence-electron chi connectivity index (χ1n) is 8.05. The molecule has 0 aliphatic carbocycles. The standard InChI is InChI=1S/C17H22O7S/c1-3-23-15(18)12-14-17(16(19)22-2,10-7-11-24-14)25(20,21)13-8-5-4-6-9-13/h4-6,8-9,14H,3,7,10-12H2,1-2H3/t14-,17+/m1/s1. The van der Waals surface area contributed by atoms with E-state index >= 15 is 0 Å². The Bertz CT molecular complexity index is 714. The van der Waals surface area contributed by atoms with Crippen LogP contribution in [0.5, 0.6) is 0 Å². The maximum atomic E-state index is 13.3. The smallest absolute Gasteiger partial charge is 0.330 e. The lowest BCUT2D eigenvalue weighted by Gasteiger charge is -2.40. The molecule has 1 fully saturated rings. The average molecular weight is 370 g/mol. The van der Waals surface area contributed by atoms with Crippen LogP contribution in [0.1, 0.15) is 26.2 Å². The molecule has 0 saturated carbocycles. The number of rotatable bonds is 6. The molecule has 0 unspecified atom stereocenters. The minimum atomic E-state index is -4.15. The van der Waals surface area contributed by atoms with Crippen LogP contribution < -0.4 is 0 Å². The predicted octanol–water partition coefficient (Wildman–Crippen LogP) is 1.50. The summed E-state index contributed by atoms with van der Waals surface area (Å²) in [6, 6.07) is 7.65. The van der Waals surface area contributed by atoms with E-state index in [9.17, 15) is 18.0 Å². The van der Waals surface area contributed by atoms with Crippen molar-refractivity contribution in [2.45, 2.75) is 41.9 Å². The van der Waals surface area contributed by atoms with Gasteiger partial charge in [-0.25, -0.2) is 8.42 Å². The molecule has 0 bridgehead atoms. The maximum absolute atomic E-state index is 13.3. The van der Waals surface area contributed by atoms with Gasteiger partial charge in [0.25, 0.3) is 0 Å². The van der Waals surface area contributed by atoms with Gasteiger partial charge in [-0.15, -0.1) is 0 Å². The topological polar surface area (TPSA) is 96.0 Å². The number of sulfone groups is 1. The second kappa shape index (κ2) is 7.97. The van der Waals surface area contributed by atoms with E-state index in [0.29, 0.717) is 6.42 Å². The Balaban J connectivity index is 2.54. The molecule has 25 heavy (non-hydrogen) atoms. The third-order valence-corrected chi connectivity index (χ3v) is 6.74. The van der Waals surface area contributed by atoms with Gasteiger partial charge in [0, 0.05) is 6.61 Å². The highest BCUT2D eigenvalue weighted by molar-refractivity contribution is 7.93. The Morgan fingerprint density at radius 3 is 2.56 bits per heavy atom.